The third-order valence-corrected chi connectivity index (χ3v) is 13.9. The molecule has 34 heavy (non-hydrogen) atoms. The number of ether oxygens (including phenoxy) is 1. The molecule has 3 aromatic rings. The molecule has 1 aliphatic heterocycles. The van der Waals surface area contributed by atoms with Gasteiger partial charge in [-0.1, -0.05) is 0 Å². The van der Waals surface area contributed by atoms with Crippen molar-refractivity contribution in [2.24, 2.45) is 0 Å². The molecule has 0 aromatic heterocycles. The Bertz CT molecular complexity index is 1020. The Morgan fingerprint density at radius 2 is 1.41 bits per heavy atom. The van der Waals surface area contributed by atoms with E-state index in [1.54, 1.807) is 5.56 Å². The van der Waals surface area contributed by atoms with Crippen LogP contribution in [-0.2, 0) is 23.3 Å². The number of methoxy groups -OCH3 is 1. The van der Waals surface area contributed by atoms with Gasteiger partial charge in [-0.2, -0.15) is 0 Å². The first-order valence-electron chi connectivity index (χ1n) is 12.7. The molecule has 0 amide bonds. The zero-order valence-corrected chi connectivity index (χ0v) is 22.5. The summed E-state index contributed by atoms with van der Waals surface area (Å²) < 4.78 is 6.66. The topological polar surface area (TPSA) is 15.7 Å². The molecule has 1 atom stereocenters. The monoisotopic (exact) mass is 516 g/mol. The van der Waals surface area contributed by atoms with Gasteiger partial charge in [0.15, 0.2) is 0 Å². The van der Waals surface area contributed by atoms with Gasteiger partial charge in [0.05, 0.1) is 0 Å². The van der Waals surface area contributed by atoms with E-state index >= 15 is 0 Å². The summed E-state index contributed by atoms with van der Waals surface area (Å²) in [6.45, 7) is 4.53. The molecule has 1 aliphatic carbocycles. The van der Waals surface area contributed by atoms with Gasteiger partial charge < -0.3 is 0 Å². The van der Waals surface area contributed by atoms with E-state index in [0.29, 0.717) is 0 Å². The molecule has 0 bridgehead atoms. The summed E-state index contributed by atoms with van der Waals surface area (Å²) in [6.07, 6.45) is 3.67. The molecule has 5 rings (SSSR count). The molecule has 3 aromatic carbocycles. The maximum absolute atomic E-state index is 5.84. The standard InChI is InChI=1S/C30H37AsN2O/c1-32-17-19-33(20-18-32)29-15-16-30(34-2)27-14-13-26(21-28(27)29)31(22-24-9-5-3-6-10-24)23-25-11-7-4-8-12-25/h3-12,15-16,26H,13-14,17-23H2,1-2H3/t26-/m1/s1. The molecule has 1 fully saturated rings. The van der Waals surface area contributed by atoms with E-state index in [9.17, 15) is 0 Å². The zero-order valence-electron chi connectivity index (χ0n) is 20.6. The summed E-state index contributed by atoms with van der Waals surface area (Å²) in [5, 5.41) is 2.58. The van der Waals surface area contributed by atoms with E-state index in [0.717, 1.165) is 43.1 Å². The fourth-order valence-corrected chi connectivity index (χ4v) is 11.7. The van der Waals surface area contributed by atoms with Gasteiger partial charge in [-0.05, 0) is 0 Å². The Morgan fingerprint density at radius 3 is 2.00 bits per heavy atom. The molecule has 0 saturated carbocycles. The van der Waals surface area contributed by atoms with Crippen LogP contribution in [0.1, 0.15) is 28.7 Å². The summed E-state index contributed by atoms with van der Waals surface area (Å²) in [7, 11) is 4.07. The second kappa shape index (κ2) is 11.0. The van der Waals surface area contributed by atoms with Crippen molar-refractivity contribution < 1.29 is 4.74 Å². The maximum atomic E-state index is 5.84. The van der Waals surface area contributed by atoms with Crippen molar-refractivity contribution in [2.45, 2.75) is 34.4 Å². The van der Waals surface area contributed by atoms with Crippen LogP contribution in [0, 0.1) is 0 Å². The molecule has 0 spiro atoms. The molecule has 1 saturated heterocycles. The average molecular weight is 517 g/mol. The second-order valence-corrected chi connectivity index (χ2v) is 15.1. The number of hydrogen-bond acceptors (Lipinski definition) is 3. The molecule has 178 valence electrons. The van der Waals surface area contributed by atoms with Gasteiger partial charge in [-0.15, -0.1) is 0 Å². The van der Waals surface area contributed by atoms with Crippen LogP contribution in [0.3, 0.4) is 0 Å². The van der Waals surface area contributed by atoms with Gasteiger partial charge in [-0.3, -0.25) is 0 Å². The number of likely N-dealkylation sites (N-methyl/N-ethyl adjacent to an activating group) is 1. The third kappa shape index (κ3) is 5.37. The Balaban J connectivity index is 1.45. The number of hydrogen-bond donors (Lipinski definition) is 0. The van der Waals surface area contributed by atoms with Gasteiger partial charge in [0.25, 0.3) is 0 Å². The van der Waals surface area contributed by atoms with Crippen molar-refractivity contribution in [2.75, 3.05) is 45.2 Å². The van der Waals surface area contributed by atoms with Crippen molar-refractivity contribution in [3.63, 3.8) is 0 Å². The normalized spacial score (nSPS) is 18.7. The summed E-state index contributed by atoms with van der Waals surface area (Å²) >= 11 is -1.18. The summed E-state index contributed by atoms with van der Waals surface area (Å²) in [5.41, 5.74) is 7.58. The van der Waals surface area contributed by atoms with Crippen LogP contribution in [0.2, 0.25) is 4.71 Å². The number of fused-ring (bicyclic) bond motifs is 1. The van der Waals surface area contributed by atoms with Crippen LogP contribution in [0.15, 0.2) is 72.8 Å². The van der Waals surface area contributed by atoms with Crippen molar-refractivity contribution in [1.29, 1.82) is 0 Å². The Morgan fingerprint density at radius 1 is 0.794 bits per heavy atom. The van der Waals surface area contributed by atoms with Gasteiger partial charge in [0.2, 0.25) is 0 Å². The average Bonchev–Trinajstić information content (AvgIpc) is 2.89. The van der Waals surface area contributed by atoms with E-state index in [2.05, 4.69) is 89.6 Å². The minimum atomic E-state index is -1.18. The van der Waals surface area contributed by atoms with Crippen LogP contribution < -0.4 is 9.64 Å². The molecular formula is C30H37AsN2O. The predicted octanol–water partition coefficient (Wildman–Crippen LogP) is 5.36. The van der Waals surface area contributed by atoms with Gasteiger partial charge in [0, 0.05) is 0 Å². The van der Waals surface area contributed by atoms with Crippen molar-refractivity contribution in [3.8, 4) is 5.75 Å². The zero-order chi connectivity index (χ0) is 23.3. The molecule has 0 N–H and O–H groups in total. The molecular weight excluding hydrogens is 479 g/mol. The van der Waals surface area contributed by atoms with Crippen LogP contribution >= 0.6 is 0 Å². The Hall–Kier alpha value is -2.22. The molecule has 3 nitrogen and oxygen atoms in total. The number of rotatable bonds is 7. The van der Waals surface area contributed by atoms with E-state index in [4.69, 9.17) is 4.74 Å². The molecule has 2 aliphatic rings. The third-order valence-electron chi connectivity index (χ3n) is 7.57. The number of piperazine rings is 1. The number of nitrogens with zero attached hydrogens (tertiary/aromatic N) is 2. The molecule has 0 unspecified atom stereocenters. The quantitative estimate of drug-likeness (QED) is 0.393. The fraction of sp³-hybridized carbons (Fsp3) is 0.400. The minimum absolute atomic E-state index is 0.818. The fourth-order valence-electron chi connectivity index (χ4n) is 5.61. The van der Waals surface area contributed by atoms with E-state index < -0.39 is 14.7 Å². The molecule has 1 heterocycles. The first-order valence-corrected chi connectivity index (χ1v) is 16.4. The van der Waals surface area contributed by atoms with Crippen LogP contribution in [0.5, 0.6) is 5.75 Å². The van der Waals surface area contributed by atoms with Crippen LogP contribution in [0.25, 0.3) is 0 Å². The van der Waals surface area contributed by atoms with E-state index in [1.165, 1.54) is 45.6 Å². The predicted molar refractivity (Wildman–Crippen MR) is 145 cm³/mol. The van der Waals surface area contributed by atoms with Gasteiger partial charge in [-0.25, -0.2) is 0 Å². The van der Waals surface area contributed by atoms with Crippen molar-refractivity contribution in [3.05, 3.63) is 95.1 Å². The van der Waals surface area contributed by atoms with Gasteiger partial charge >= 0.3 is 210 Å². The molecule has 4 heteroatoms. The van der Waals surface area contributed by atoms with E-state index in [-0.39, 0.29) is 0 Å². The van der Waals surface area contributed by atoms with E-state index in [1.807, 2.05) is 7.11 Å². The Labute approximate surface area is 210 Å². The van der Waals surface area contributed by atoms with Crippen LogP contribution in [0.4, 0.5) is 5.69 Å². The SMILES string of the molecule is COc1ccc(N2CCN(C)CC2)c2c1CC[C@@H]([As](Cc1ccccc1)Cc1ccccc1)C2. The van der Waals surface area contributed by atoms with Crippen molar-refractivity contribution >= 4 is 20.3 Å². The first-order chi connectivity index (χ1) is 16.7. The second-order valence-electron chi connectivity index (χ2n) is 9.81. The summed E-state index contributed by atoms with van der Waals surface area (Å²) in [4.78, 5) is 5.07. The Kier molecular flexibility index (Phi) is 7.62. The number of anilines is 1. The summed E-state index contributed by atoms with van der Waals surface area (Å²) in [5.74, 6) is 1.09. The van der Waals surface area contributed by atoms with Crippen molar-refractivity contribution in [1.82, 2.24) is 4.90 Å². The number of benzene rings is 3. The first kappa shape index (κ1) is 23.5. The summed E-state index contributed by atoms with van der Waals surface area (Å²) in [6, 6.07) is 27.0. The molecule has 0 radical (unpaired) electrons. The van der Waals surface area contributed by atoms with Gasteiger partial charge in [0.1, 0.15) is 0 Å². The van der Waals surface area contributed by atoms with Crippen LogP contribution in [-0.4, -0.2) is 59.9 Å².